The molecule has 0 aromatic carbocycles. The second-order valence-electron chi connectivity index (χ2n) is 6.82. The van der Waals surface area contributed by atoms with E-state index in [4.69, 9.17) is 25.8 Å². The minimum atomic E-state index is -3.56. The molecule has 0 saturated carbocycles. The van der Waals surface area contributed by atoms with E-state index < -0.39 is 59.1 Å². The number of carbonyl (C=O) groups excluding carboxylic acids is 3. The number of hydrogen-bond donors (Lipinski definition) is 1. The van der Waals surface area contributed by atoms with Gasteiger partial charge in [-0.3, -0.25) is 0 Å². The number of halogens is 3. The van der Waals surface area contributed by atoms with Gasteiger partial charge in [-0.25, -0.2) is 27.8 Å². The molecule has 0 unspecified atom stereocenters. The summed E-state index contributed by atoms with van der Waals surface area (Å²) in [4.78, 5) is 35.7. The highest BCUT2D eigenvalue weighted by Crippen LogP contribution is 2.26. The van der Waals surface area contributed by atoms with Gasteiger partial charge in [0.1, 0.15) is 17.2 Å². The van der Waals surface area contributed by atoms with Gasteiger partial charge in [0.05, 0.1) is 19.8 Å². The summed E-state index contributed by atoms with van der Waals surface area (Å²) in [6, 6.07) is 0. The lowest BCUT2D eigenvalue weighted by Gasteiger charge is -2.22. The van der Waals surface area contributed by atoms with E-state index in [9.17, 15) is 23.2 Å². The number of rotatable bonds is 8. The van der Waals surface area contributed by atoms with Gasteiger partial charge in [-0.2, -0.15) is 5.10 Å². The highest BCUT2D eigenvalue weighted by atomic mass is 35.5. The van der Waals surface area contributed by atoms with Crippen molar-refractivity contribution >= 4 is 29.6 Å². The van der Waals surface area contributed by atoms with Crippen LogP contribution in [-0.4, -0.2) is 59.1 Å². The highest BCUT2D eigenvalue weighted by Gasteiger charge is 2.36. The average molecular weight is 440 g/mol. The molecule has 0 fully saturated rings. The Hall–Kier alpha value is -2.43. The van der Waals surface area contributed by atoms with E-state index in [1.165, 1.54) is 13.8 Å². The molecule has 1 heterocycles. The van der Waals surface area contributed by atoms with Gasteiger partial charge in [0.15, 0.2) is 11.4 Å². The zero-order chi connectivity index (χ0) is 22.4. The number of carbonyl (C=O) groups is 3. The Kier molecular flexibility index (Phi) is 8.37. The van der Waals surface area contributed by atoms with Crippen LogP contribution >= 0.6 is 11.6 Å². The van der Waals surface area contributed by atoms with Crippen molar-refractivity contribution in [1.29, 1.82) is 0 Å². The molecule has 0 spiro atoms. The molecule has 12 heteroatoms. The van der Waals surface area contributed by atoms with Gasteiger partial charge in [0, 0.05) is 0 Å². The average Bonchev–Trinajstić information content (AvgIpc) is 2.87. The van der Waals surface area contributed by atoms with Crippen LogP contribution in [0.25, 0.3) is 0 Å². The Morgan fingerprint density at radius 2 is 1.66 bits per heavy atom. The molecule has 164 valence electrons. The highest BCUT2D eigenvalue weighted by molar-refractivity contribution is 6.36. The van der Waals surface area contributed by atoms with Crippen molar-refractivity contribution in [3.05, 3.63) is 16.4 Å². The first-order chi connectivity index (χ1) is 13.3. The first kappa shape index (κ1) is 24.6. The molecule has 0 bridgehead atoms. The first-order valence-electron chi connectivity index (χ1n) is 8.76. The van der Waals surface area contributed by atoms with E-state index in [-0.39, 0.29) is 13.2 Å². The van der Waals surface area contributed by atoms with E-state index >= 15 is 0 Å². The van der Waals surface area contributed by atoms with Gasteiger partial charge in [-0.15, -0.1) is 0 Å². The van der Waals surface area contributed by atoms with Crippen LogP contribution in [0.4, 0.5) is 13.6 Å². The fraction of sp³-hybridized carbons (Fsp3) is 0.647. The van der Waals surface area contributed by atoms with Crippen molar-refractivity contribution in [2.45, 2.75) is 52.7 Å². The van der Waals surface area contributed by atoms with Crippen LogP contribution in [0, 0.1) is 0 Å². The van der Waals surface area contributed by atoms with Gasteiger partial charge < -0.3 is 19.5 Å². The van der Waals surface area contributed by atoms with E-state index in [2.05, 4.69) is 5.10 Å². The van der Waals surface area contributed by atoms with E-state index in [1.54, 1.807) is 20.8 Å². The van der Waals surface area contributed by atoms with E-state index in [0.717, 1.165) is 0 Å². The maximum absolute atomic E-state index is 14.4. The molecule has 0 aliphatic rings. The smallest absolute Gasteiger partial charge is 0.407 e. The molecular formula is C17H24ClF2N3O6. The molecule has 1 aromatic heterocycles. The molecule has 1 rings (SSSR count). The summed E-state index contributed by atoms with van der Waals surface area (Å²) < 4.78 is 43.8. The molecular weight excluding hydrogens is 416 g/mol. The number of ether oxygens (including phenoxy) is 3. The van der Waals surface area contributed by atoms with E-state index in [1.807, 2.05) is 5.32 Å². The fourth-order valence-electron chi connectivity index (χ4n) is 2.07. The number of alkyl halides is 2. The summed E-state index contributed by atoms with van der Waals surface area (Å²) in [5, 5.41) is 5.17. The van der Waals surface area contributed by atoms with Crippen LogP contribution in [0.2, 0.25) is 5.02 Å². The minimum Gasteiger partial charge on any atom is -0.461 e. The molecule has 1 aromatic rings. The predicted octanol–water partition coefficient (Wildman–Crippen LogP) is 3.05. The number of nitrogens with zero attached hydrogens (tertiary/aromatic N) is 2. The van der Waals surface area contributed by atoms with Crippen LogP contribution < -0.4 is 5.32 Å². The van der Waals surface area contributed by atoms with Crippen molar-refractivity contribution in [3.8, 4) is 0 Å². The molecule has 0 radical (unpaired) electrons. The van der Waals surface area contributed by atoms with Gasteiger partial charge in [-0.05, 0) is 34.6 Å². The first-order valence-corrected chi connectivity index (χ1v) is 9.14. The predicted molar refractivity (Wildman–Crippen MR) is 98.3 cm³/mol. The van der Waals surface area contributed by atoms with Crippen LogP contribution in [0.1, 0.15) is 55.6 Å². The van der Waals surface area contributed by atoms with Crippen LogP contribution in [0.5, 0.6) is 0 Å². The second kappa shape index (κ2) is 9.86. The van der Waals surface area contributed by atoms with E-state index in [0.29, 0.717) is 4.68 Å². The van der Waals surface area contributed by atoms with Crippen molar-refractivity contribution in [2.24, 2.45) is 0 Å². The Morgan fingerprint density at radius 1 is 1.10 bits per heavy atom. The minimum absolute atomic E-state index is 0.00721. The Bertz CT molecular complexity index is 761. The lowest BCUT2D eigenvalue weighted by Crippen LogP contribution is -2.42. The maximum Gasteiger partial charge on any atom is 0.407 e. The Morgan fingerprint density at radius 3 is 2.17 bits per heavy atom. The van der Waals surface area contributed by atoms with Crippen LogP contribution in [0.15, 0.2) is 0 Å². The van der Waals surface area contributed by atoms with Gasteiger partial charge >= 0.3 is 18.0 Å². The lowest BCUT2D eigenvalue weighted by molar-refractivity contribution is -0.0229. The van der Waals surface area contributed by atoms with Gasteiger partial charge in [-0.1, -0.05) is 11.6 Å². The monoisotopic (exact) mass is 439 g/mol. The van der Waals surface area contributed by atoms with Gasteiger partial charge in [0.25, 0.3) is 5.92 Å². The summed E-state index contributed by atoms with van der Waals surface area (Å²) in [6.07, 6.45) is -1.03. The summed E-state index contributed by atoms with van der Waals surface area (Å²) in [5.74, 6) is -5.56. The third kappa shape index (κ3) is 7.48. The third-order valence-corrected chi connectivity index (χ3v) is 3.46. The largest absolute Gasteiger partial charge is 0.461 e. The zero-order valence-corrected chi connectivity index (χ0v) is 17.6. The molecule has 9 nitrogen and oxygen atoms in total. The SMILES string of the molecule is CCOC(=O)c1nn(CC(F)(F)CNC(=O)OC(C)(C)C)c(C(=O)OCC)c1Cl. The molecule has 0 aliphatic carbocycles. The molecule has 0 atom stereocenters. The Labute approximate surface area is 171 Å². The van der Waals surface area contributed by atoms with Crippen LogP contribution in [0.3, 0.4) is 0 Å². The number of esters is 2. The summed E-state index contributed by atoms with van der Waals surface area (Å²) in [5.41, 5.74) is -1.87. The van der Waals surface area contributed by atoms with Crippen molar-refractivity contribution in [3.63, 3.8) is 0 Å². The number of aromatic nitrogens is 2. The third-order valence-electron chi connectivity index (χ3n) is 3.10. The Balaban J connectivity index is 3.08. The van der Waals surface area contributed by atoms with Crippen LogP contribution in [-0.2, 0) is 20.8 Å². The number of nitrogens with one attached hydrogen (secondary N) is 1. The molecule has 0 saturated heterocycles. The summed E-state index contributed by atoms with van der Waals surface area (Å²) in [7, 11) is 0. The quantitative estimate of drug-likeness (QED) is 0.489. The van der Waals surface area contributed by atoms with Gasteiger partial charge in [0.2, 0.25) is 0 Å². The molecule has 1 N–H and O–H groups in total. The summed E-state index contributed by atoms with van der Waals surface area (Å²) >= 11 is 6.00. The topological polar surface area (TPSA) is 109 Å². The summed E-state index contributed by atoms with van der Waals surface area (Å²) in [6.45, 7) is 5.48. The maximum atomic E-state index is 14.4. The van der Waals surface area contributed by atoms with Crippen molar-refractivity contribution in [1.82, 2.24) is 15.1 Å². The second-order valence-corrected chi connectivity index (χ2v) is 7.20. The molecule has 1 amide bonds. The number of hydrogen-bond acceptors (Lipinski definition) is 7. The number of alkyl carbamates (subject to hydrolysis) is 1. The lowest BCUT2D eigenvalue weighted by atomic mass is 10.2. The number of amides is 1. The molecule has 29 heavy (non-hydrogen) atoms. The standard InChI is InChI=1S/C17H24ClF2N3O6/c1-6-27-13(24)11-10(18)12(14(25)28-7-2)23(22-11)9-17(19,20)8-21-15(26)29-16(3,4)5/h6-9H2,1-5H3,(H,21,26). The normalized spacial score (nSPS) is 11.7. The zero-order valence-electron chi connectivity index (χ0n) is 16.8. The van der Waals surface area contributed by atoms with Crippen molar-refractivity contribution in [2.75, 3.05) is 19.8 Å². The fourth-order valence-corrected chi connectivity index (χ4v) is 2.36. The molecule has 0 aliphatic heterocycles. The van der Waals surface area contributed by atoms with Crippen molar-refractivity contribution < 1.29 is 37.4 Å².